The van der Waals surface area contributed by atoms with Crippen LogP contribution in [0.1, 0.15) is 0 Å². The Morgan fingerprint density at radius 3 is 2.10 bits per heavy atom. The van der Waals surface area contributed by atoms with Gasteiger partial charge in [-0.05, 0) is 18.2 Å². The smallest absolute Gasteiger partial charge is 0.269 e. The summed E-state index contributed by atoms with van der Waals surface area (Å²) in [7, 11) is 0. The average Bonchev–Trinajstić information content (AvgIpc) is 2.80. The lowest BCUT2D eigenvalue weighted by Crippen LogP contribution is -2.54. The second-order valence-corrected chi connectivity index (χ2v) is 7.45. The Morgan fingerprint density at radius 2 is 1.50 bits per heavy atom. The largest absolute Gasteiger partial charge is 0.368 e. The lowest BCUT2D eigenvalue weighted by Gasteiger charge is -2.38. The number of carbonyl (C=O) groups is 1. The second kappa shape index (κ2) is 9.04. The van der Waals surface area contributed by atoms with Crippen LogP contribution >= 0.6 is 0 Å². The van der Waals surface area contributed by atoms with Gasteiger partial charge < -0.3 is 14.7 Å². The molecule has 0 atom stereocenters. The van der Waals surface area contributed by atoms with E-state index in [9.17, 15) is 14.9 Å². The van der Waals surface area contributed by atoms with E-state index in [4.69, 9.17) is 0 Å². The number of hydrogen-bond donors (Lipinski definition) is 0. The summed E-state index contributed by atoms with van der Waals surface area (Å²) < 4.78 is 0. The molecule has 0 radical (unpaired) electrons. The van der Waals surface area contributed by atoms with E-state index < -0.39 is 4.92 Å². The third-order valence-electron chi connectivity index (χ3n) is 5.62. The number of benzene rings is 1. The fraction of sp³-hybridized carbons (Fsp3) is 0.450. The molecule has 158 valence electrons. The molecular formula is C20H25N7O3. The van der Waals surface area contributed by atoms with Gasteiger partial charge in [0.2, 0.25) is 11.9 Å². The molecule has 30 heavy (non-hydrogen) atoms. The molecule has 0 spiro atoms. The predicted molar refractivity (Wildman–Crippen MR) is 113 cm³/mol. The molecule has 2 saturated heterocycles. The topological polar surface area (TPSA) is 99.0 Å². The van der Waals surface area contributed by atoms with Crippen molar-refractivity contribution in [3.8, 4) is 0 Å². The van der Waals surface area contributed by atoms with Crippen molar-refractivity contribution in [3.05, 3.63) is 52.8 Å². The van der Waals surface area contributed by atoms with Crippen LogP contribution in [-0.4, -0.2) is 89.5 Å². The SMILES string of the molecule is O=C(CN1CCN(c2ncccn2)CC1)N1CCN(c2ccc([N+](=O)[O-])cc2)CC1. The molecule has 4 rings (SSSR count). The summed E-state index contributed by atoms with van der Waals surface area (Å²) in [6, 6.07) is 8.39. The van der Waals surface area contributed by atoms with Gasteiger partial charge in [0.1, 0.15) is 0 Å². The summed E-state index contributed by atoms with van der Waals surface area (Å²) in [5.74, 6) is 0.897. The van der Waals surface area contributed by atoms with Gasteiger partial charge in [-0.2, -0.15) is 0 Å². The minimum Gasteiger partial charge on any atom is -0.368 e. The minimum atomic E-state index is -0.396. The summed E-state index contributed by atoms with van der Waals surface area (Å²) >= 11 is 0. The van der Waals surface area contributed by atoms with Crippen molar-refractivity contribution in [1.82, 2.24) is 19.8 Å². The van der Waals surface area contributed by atoms with Gasteiger partial charge in [0.05, 0.1) is 11.5 Å². The van der Waals surface area contributed by atoms with E-state index in [1.165, 1.54) is 12.1 Å². The zero-order valence-corrected chi connectivity index (χ0v) is 16.8. The van der Waals surface area contributed by atoms with E-state index in [0.717, 1.165) is 50.9 Å². The van der Waals surface area contributed by atoms with Crippen LogP contribution in [-0.2, 0) is 4.79 Å². The lowest BCUT2D eigenvalue weighted by molar-refractivity contribution is -0.384. The maximum atomic E-state index is 12.7. The van der Waals surface area contributed by atoms with Crippen LogP contribution in [0.25, 0.3) is 0 Å². The molecule has 10 nitrogen and oxygen atoms in total. The Hall–Kier alpha value is -3.27. The number of anilines is 2. The van der Waals surface area contributed by atoms with Gasteiger partial charge in [-0.1, -0.05) is 0 Å². The molecule has 1 aromatic carbocycles. The monoisotopic (exact) mass is 411 g/mol. The molecule has 2 aliphatic heterocycles. The van der Waals surface area contributed by atoms with Crippen molar-refractivity contribution in [2.24, 2.45) is 0 Å². The standard InChI is InChI=1S/C20H25N7O3/c28-19(16-23-8-10-26(11-9-23)20-21-6-1-7-22-20)25-14-12-24(13-15-25)17-2-4-18(5-3-17)27(29)30/h1-7H,8-16H2. The maximum Gasteiger partial charge on any atom is 0.269 e. The highest BCUT2D eigenvalue weighted by Gasteiger charge is 2.25. The summed E-state index contributed by atoms with van der Waals surface area (Å²) in [5, 5.41) is 10.8. The van der Waals surface area contributed by atoms with E-state index in [1.807, 2.05) is 4.90 Å². The van der Waals surface area contributed by atoms with Gasteiger partial charge in [0.15, 0.2) is 0 Å². The van der Waals surface area contributed by atoms with Crippen LogP contribution in [0.4, 0.5) is 17.3 Å². The lowest BCUT2D eigenvalue weighted by atomic mass is 10.2. The van der Waals surface area contributed by atoms with Gasteiger partial charge in [0.25, 0.3) is 5.69 Å². The third kappa shape index (κ3) is 4.65. The molecule has 0 bridgehead atoms. The number of nitro groups is 1. The normalized spacial score (nSPS) is 17.8. The Labute approximate surface area is 174 Å². The highest BCUT2D eigenvalue weighted by molar-refractivity contribution is 5.78. The van der Waals surface area contributed by atoms with E-state index in [1.54, 1.807) is 30.6 Å². The Morgan fingerprint density at radius 1 is 0.900 bits per heavy atom. The van der Waals surface area contributed by atoms with Gasteiger partial charge in [0, 0.05) is 82.6 Å². The van der Waals surface area contributed by atoms with Crippen LogP contribution < -0.4 is 9.80 Å². The van der Waals surface area contributed by atoms with Gasteiger partial charge in [-0.15, -0.1) is 0 Å². The Balaban J connectivity index is 1.22. The van der Waals surface area contributed by atoms with Crippen molar-refractivity contribution in [2.75, 3.05) is 68.7 Å². The number of non-ortho nitro benzene ring substituents is 1. The summed E-state index contributed by atoms with van der Waals surface area (Å²) in [6.07, 6.45) is 3.49. The molecule has 2 fully saturated rings. The highest BCUT2D eigenvalue weighted by atomic mass is 16.6. The van der Waals surface area contributed by atoms with Crippen LogP contribution in [0.3, 0.4) is 0 Å². The van der Waals surface area contributed by atoms with E-state index >= 15 is 0 Å². The Kier molecular flexibility index (Phi) is 6.03. The molecule has 2 aromatic rings. The fourth-order valence-electron chi connectivity index (χ4n) is 3.85. The maximum absolute atomic E-state index is 12.7. The second-order valence-electron chi connectivity index (χ2n) is 7.45. The molecule has 0 saturated carbocycles. The number of nitrogens with zero attached hydrogens (tertiary/aromatic N) is 7. The first-order valence-electron chi connectivity index (χ1n) is 10.1. The number of piperazine rings is 2. The average molecular weight is 411 g/mol. The summed E-state index contributed by atoms with van der Waals surface area (Å²) in [4.78, 5) is 40.1. The number of aromatic nitrogens is 2. The number of rotatable bonds is 5. The summed E-state index contributed by atoms with van der Waals surface area (Å²) in [6.45, 7) is 6.45. The molecule has 1 amide bonds. The molecule has 0 N–H and O–H groups in total. The molecule has 10 heteroatoms. The minimum absolute atomic E-state index is 0.0893. The number of hydrogen-bond acceptors (Lipinski definition) is 8. The van der Waals surface area contributed by atoms with Crippen LogP contribution in [0.15, 0.2) is 42.7 Å². The number of nitro benzene ring substituents is 1. The molecule has 2 aliphatic rings. The van der Waals surface area contributed by atoms with E-state index in [-0.39, 0.29) is 11.6 Å². The fourth-order valence-corrected chi connectivity index (χ4v) is 3.85. The molecule has 0 unspecified atom stereocenters. The zero-order valence-electron chi connectivity index (χ0n) is 16.8. The molecule has 0 aliphatic carbocycles. The first-order chi connectivity index (χ1) is 14.6. The van der Waals surface area contributed by atoms with Crippen LogP contribution in [0.5, 0.6) is 0 Å². The number of amides is 1. The van der Waals surface area contributed by atoms with Gasteiger partial charge in [-0.3, -0.25) is 19.8 Å². The quantitative estimate of drug-likeness (QED) is 0.528. The van der Waals surface area contributed by atoms with Crippen molar-refractivity contribution in [3.63, 3.8) is 0 Å². The van der Waals surface area contributed by atoms with Crippen LogP contribution in [0.2, 0.25) is 0 Å². The first kappa shape index (κ1) is 20.0. The van der Waals surface area contributed by atoms with Crippen molar-refractivity contribution in [2.45, 2.75) is 0 Å². The third-order valence-corrected chi connectivity index (χ3v) is 5.62. The first-order valence-corrected chi connectivity index (χ1v) is 10.1. The molecular weight excluding hydrogens is 386 g/mol. The summed E-state index contributed by atoms with van der Waals surface area (Å²) in [5.41, 5.74) is 1.04. The van der Waals surface area contributed by atoms with Crippen molar-refractivity contribution < 1.29 is 9.72 Å². The van der Waals surface area contributed by atoms with Gasteiger partial charge in [-0.25, -0.2) is 9.97 Å². The van der Waals surface area contributed by atoms with Gasteiger partial charge >= 0.3 is 0 Å². The highest BCUT2D eigenvalue weighted by Crippen LogP contribution is 2.20. The van der Waals surface area contributed by atoms with Crippen molar-refractivity contribution >= 4 is 23.2 Å². The molecule has 1 aromatic heterocycles. The van der Waals surface area contributed by atoms with E-state index in [2.05, 4.69) is 24.7 Å². The van der Waals surface area contributed by atoms with Crippen LogP contribution in [0, 0.1) is 10.1 Å². The predicted octanol–water partition coefficient (Wildman–Crippen LogP) is 0.856. The number of carbonyl (C=O) groups excluding carboxylic acids is 1. The Bertz CT molecular complexity index is 862. The zero-order chi connectivity index (χ0) is 20.9. The van der Waals surface area contributed by atoms with E-state index in [0.29, 0.717) is 19.6 Å². The molecule has 3 heterocycles. The van der Waals surface area contributed by atoms with Crippen molar-refractivity contribution in [1.29, 1.82) is 0 Å².